The topological polar surface area (TPSA) is 42.0 Å². The van der Waals surface area contributed by atoms with E-state index >= 15 is 0 Å². The second-order valence-electron chi connectivity index (χ2n) is 5.14. The lowest BCUT2D eigenvalue weighted by molar-refractivity contribution is -0.137. The molecule has 7 heteroatoms. The van der Waals surface area contributed by atoms with Crippen LogP contribution in [-0.2, 0) is 6.18 Å². The van der Waals surface area contributed by atoms with Crippen LogP contribution >= 0.6 is 11.3 Å². The van der Waals surface area contributed by atoms with E-state index < -0.39 is 11.7 Å². The van der Waals surface area contributed by atoms with Gasteiger partial charge in [0.1, 0.15) is 9.88 Å². The van der Waals surface area contributed by atoms with Gasteiger partial charge in [0.25, 0.3) is 5.91 Å². The molecule has 1 heterocycles. The molecule has 0 saturated carbocycles. The number of thiazole rings is 1. The van der Waals surface area contributed by atoms with E-state index in [1.807, 2.05) is 13.8 Å². The van der Waals surface area contributed by atoms with Crippen molar-refractivity contribution in [2.45, 2.75) is 33.0 Å². The van der Waals surface area contributed by atoms with Gasteiger partial charge in [-0.2, -0.15) is 13.2 Å². The summed E-state index contributed by atoms with van der Waals surface area (Å²) in [5.74, 6) is -0.219. The molecular weight excluding hydrogens is 313 g/mol. The first-order valence-corrected chi connectivity index (χ1v) is 7.46. The van der Waals surface area contributed by atoms with Crippen molar-refractivity contribution in [1.82, 2.24) is 10.3 Å². The van der Waals surface area contributed by atoms with E-state index in [1.165, 1.54) is 23.5 Å². The number of benzene rings is 1. The number of amides is 1. The summed E-state index contributed by atoms with van der Waals surface area (Å²) in [7, 11) is 0. The Balaban J connectivity index is 2.29. The molecule has 1 aromatic heterocycles. The molecule has 0 spiro atoms. The fourth-order valence-corrected chi connectivity index (χ4v) is 2.83. The third-order valence-corrected chi connectivity index (χ3v) is 4.09. The van der Waals surface area contributed by atoms with E-state index in [9.17, 15) is 18.0 Å². The van der Waals surface area contributed by atoms with Gasteiger partial charge in [-0.25, -0.2) is 4.98 Å². The van der Waals surface area contributed by atoms with E-state index in [0.717, 1.165) is 12.1 Å². The van der Waals surface area contributed by atoms with E-state index in [2.05, 4.69) is 10.3 Å². The van der Waals surface area contributed by atoms with Crippen molar-refractivity contribution < 1.29 is 18.0 Å². The van der Waals surface area contributed by atoms with Crippen LogP contribution in [0, 0.1) is 6.92 Å². The van der Waals surface area contributed by atoms with Gasteiger partial charge in [0.05, 0.1) is 11.3 Å². The molecule has 0 aliphatic carbocycles. The molecule has 1 amide bonds. The molecule has 0 atom stereocenters. The molecule has 0 saturated heterocycles. The van der Waals surface area contributed by atoms with Gasteiger partial charge in [-0.05, 0) is 32.9 Å². The summed E-state index contributed by atoms with van der Waals surface area (Å²) in [6.07, 6.45) is -4.36. The molecule has 0 radical (unpaired) electrons. The first-order valence-electron chi connectivity index (χ1n) is 6.64. The van der Waals surface area contributed by atoms with Gasteiger partial charge in [-0.1, -0.05) is 12.1 Å². The van der Waals surface area contributed by atoms with Gasteiger partial charge in [0.15, 0.2) is 0 Å². The zero-order chi connectivity index (χ0) is 16.5. The van der Waals surface area contributed by atoms with Gasteiger partial charge in [-0.3, -0.25) is 4.79 Å². The number of carbonyl (C=O) groups excluding carboxylic acids is 1. The van der Waals surface area contributed by atoms with E-state index in [0.29, 0.717) is 21.1 Å². The summed E-state index contributed by atoms with van der Waals surface area (Å²) in [5, 5.41) is 3.30. The minimum atomic E-state index is -4.36. The Labute approximate surface area is 130 Å². The highest BCUT2D eigenvalue weighted by Crippen LogP contribution is 2.32. The van der Waals surface area contributed by atoms with Crippen LogP contribution in [-0.4, -0.2) is 16.9 Å². The zero-order valence-corrected chi connectivity index (χ0v) is 13.1. The van der Waals surface area contributed by atoms with Crippen LogP contribution in [0.5, 0.6) is 0 Å². The van der Waals surface area contributed by atoms with Crippen molar-refractivity contribution in [2.75, 3.05) is 0 Å². The Bertz CT molecular complexity index is 675. The van der Waals surface area contributed by atoms with Gasteiger partial charge < -0.3 is 5.32 Å². The number of hydrogen-bond acceptors (Lipinski definition) is 3. The number of hydrogen-bond donors (Lipinski definition) is 1. The minimum Gasteiger partial charge on any atom is -0.349 e. The highest BCUT2D eigenvalue weighted by molar-refractivity contribution is 7.17. The first-order chi connectivity index (χ1) is 10.2. The predicted molar refractivity (Wildman–Crippen MR) is 79.9 cm³/mol. The average Bonchev–Trinajstić information content (AvgIpc) is 2.79. The average molecular weight is 328 g/mol. The Kier molecular flexibility index (Phi) is 4.55. The highest BCUT2D eigenvalue weighted by atomic mass is 32.1. The Morgan fingerprint density at radius 3 is 2.32 bits per heavy atom. The van der Waals surface area contributed by atoms with E-state index in [1.54, 1.807) is 6.92 Å². The maximum absolute atomic E-state index is 12.6. The predicted octanol–water partition coefficient (Wildman–Crippen LogP) is 4.28. The van der Waals surface area contributed by atoms with Gasteiger partial charge in [0, 0.05) is 11.6 Å². The number of nitrogens with one attached hydrogen (secondary N) is 1. The van der Waals surface area contributed by atoms with Gasteiger partial charge >= 0.3 is 6.18 Å². The Morgan fingerprint density at radius 2 is 1.82 bits per heavy atom. The number of nitrogens with zero attached hydrogens (tertiary/aromatic N) is 1. The number of halogens is 3. The smallest absolute Gasteiger partial charge is 0.349 e. The molecule has 118 valence electrons. The van der Waals surface area contributed by atoms with Crippen LogP contribution in [0.2, 0.25) is 0 Å². The third kappa shape index (κ3) is 3.65. The molecule has 0 bridgehead atoms. The van der Waals surface area contributed by atoms with Crippen molar-refractivity contribution >= 4 is 17.2 Å². The zero-order valence-electron chi connectivity index (χ0n) is 12.3. The summed E-state index contributed by atoms with van der Waals surface area (Å²) >= 11 is 1.17. The largest absolute Gasteiger partial charge is 0.416 e. The molecule has 1 N–H and O–H groups in total. The van der Waals surface area contributed by atoms with E-state index in [4.69, 9.17) is 0 Å². The number of alkyl halides is 3. The second kappa shape index (κ2) is 6.08. The quantitative estimate of drug-likeness (QED) is 0.914. The van der Waals surface area contributed by atoms with Crippen molar-refractivity contribution in [3.05, 3.63) is 40.4 Å². The second-order valence-corrected chi connectivity index (χ2v) is 6.14. The SMILES string of the molecule is Cc1nc(-c2ccc(C(F)(F)F)cc2)sc1C(=O)NC(C)C. The molecule has 0 fully saturated rings. The molecule has 22 heavy (non-hydrogen) atoms. The fraction of sp³-hybridized carbons (Fsp3) is 0.333. The molecule has 0 unspecified atom stereocenters. The summed E-state index contributed by atoms with van der Waals surface area (Å²) < 4.78 is 37.7. The molecule has 3 nitrogen and oxygen atoms in total. The molecule has 2 aromatic rings. The molecule has 2 rings (SSSR count). The number of aromatic nitrogens is 1. The third-order valence-electron chi connectivity index (χ3n) is 2.88. The highest BCUT2D eigenvalue weighted by Gasteiger charge is 2.30. The van der Waals surface area contributed by atoms with Crippen molar-refractivity contribution in [1.29, 1.82) is 0 Å². The van der Waals surface area contributed by atoms with Crippen LogP contribution in [0.15, 0.2) is 24.3 Å². The maximum Gasteiger partial charge on any atom is 0.416 e. The molecule has 1 aromatic carbocycles. The van der Waals surface area contributed by atoms with Crippen molar-refractivity contribution in [2.24, 2.45) is 0 Å². The van der Waals surface area contributed by atoms with E-state index in [-0.39, 0.29) is 11.9 Å². The summed E-state index contributed by atoms with van der Waals surface area (Å²) in [5.41, 5.74) is 0.421. The maximum atomic E-state index is 12.6. The van der Waals surface area contributed by atoms with Crippen LogP contribution in [0.4, 0.5) is 13.2 Å². The summed E-state index contributed by atoms with van der Waals surface area (Å²) in [6.45, 7) is 5.41. The van der Waals surface area contributed by atoms with Crippen LogP contribution in [0.3, 0.4) is 0 Å². The molecule has 0 aliphatic heterocycles. The number of rotatable bonds is 3. The fourth-order valence-electron chi connectivity index (χ4n) is 1.86. The summed E-state index contributed by atoms with van der Waals surface area (Å²) in [4.78, 5) is 16.8. The lowest BCUT2D eigenvalue weighted by Gasteiger charge is -2.06. The van der Waals surface area contributed by atoms with Gasteiger partial charge in [-0.15, -0.1) is 11.3 Å². The lowest BCUT2D eigenvalue weighted by Crippen LogP contribution is -2.29. The summed E-state index contributed by atoms with van der Waals surface area (Å²) in [6, 6.07) is 4.76. The van der Waals surface area contributed by atoms with Crippen LogP contribution < -0.4 is 5.32 Å². The normalized spacial score (nSPS) is 11.8. The van der Waals surface area contributed by atoms with Crippen LogP contribution in [0.1, 0.15) is 34.8 Å². The standard InChI is InChI=1S/C15H15F3N2OS/c1-8(2)19-13(21)12-9(3)20-14(22-12)10-4-6-11(7-5-10)15(16,17)18/h4-8H,1-3H3,(H,19,21). The first kappa shape index (κ1) is 16.5. The Hall–Kier alpha value is -1.89. The van der Waals surface area contributed by atoms with Crippen LogP contribution in [0.25, 0.3) is 10.6 Å². The number of aryl methyl sites for hydroxylation is 1. The minimum absolute atomic E-state index is 0.00326. The van der Waals surface area contributed by atoms with Crippen molar-refractivity contribution in [3.8, 4) is 10.6 Å². The van der Waals surface area contributed by atoms with Crippen molar-refractivity contribution in [3.63, 3.8) is 0 Å². The Morgan fingerprint density at radius 1 is 1.23 bits per heavy atom. The van der Waals surface area contributed by atoms with Gasteiger partial charge in [0.2, 0.25) is 0 Å². The lowest BCUT2D eigenvalue weighted by atomic mass is 10.1. The monoisotopic (exact) mass is 328 g/mol. The molecular formula is C15H15F3N2OS. The number of carbonyl (C=O) groups is 1. The molecule has 0 aliphatic rings.